The van der Waals surface area contributed by atoms with Gasteiger partial charge in [0, 0.05) is 19.7 Å². The predicted molar refractivity (Wildman–Crippen MR) is 108 cm³/mol. The lowest BCUT2D eigenvalue weighted by atomic mass is 10.1. The first-order valence-electron chi connectivity index (χ1n) is 9.06. The molecule has 0 spiro atoms. The van der Waals surface area contributed by atoms with Crippen LogP contribution in [0.2, 0.25) is 0 Å². The van der Waals surface area contributed by atoms with Gasteiger partial charge in [-0.25, -0.2) is 0 Å². The van der Waals surface area contributed by atoms with Crippen molar-refractivity contribution in [3.05, 3.63) is 45.5 Å². The molecule has 0 radical (unpaired) electrons. The molecule has 1 amide bonds. The van der Waals surface area contributed by atoms with E-state index in [1.807, 2.05) is 20.8 Å². The fourth-order valence-corrected chi connectivity index (χ4v) is 4.32. The Labute approximate surface area is 163 Å². The second kappa shape index (κ2) is 7.78. The summed E-state index contributed by atoms with van der Waals surface area (Å²) in [7, 11) is 1.68. The molecule has 3 rings (SSSR count). The van der Waals surface area contributed by atoms with Gasteiger partial charge in [0.1, 0.15) is 5.69 Å². The van der Waals surface area contributed by atoms with Gasteiger partial charge < -0.3 is 9.30 Å². The minimum atomic E-state index is -0.267. The Balaban J connectivity index is 2.18. The van der Waals surface area contributed by atoms with E-state index in [2.05, 4.69) is 40.6 Å². The van der Waals surface area contributed by atoms with Crippen LogP contribution in [0, 0.1) is 20.8 Å². The minimum absolute atomic E-state index is 0.0979. The number of nitrogens with zero attached hydrogens (tertiary/aromatic N) is 4. The van der Waals surface area contributed by atoms with Crippen molar-refractivity contribution in [3.63, 3.8) is 0 Å². The smallest absolute Gasteiger partial charge is 0.297 e. The highest BCUT2D eigenvalue weighted by Crippen LogP contribution is 2.23. The van der Waals surface area contributed by atoms with E-state index in [1.54, 1.807) is 29.2 Å². The lowest BCUT2D eigenvalue weighted by Gasteiger charge is -2.08. The highest BCUT2D eigenvalue weighted by atomic mass is 32.1. The lowest BCUT2D eigenvalue weighted by molar-refractivity contribution is 0.0985. The molecule has 6 nitrogen and oxygen atoms in total. The van der Waals surface area contributed by atoms with E-state index in [9.17, 15) is 4.79 Å². The first-order chi connectivity index (χ1) is 12.8. The Hall–Kier alpha value is -2.25. The molecule has 0 N–H and O–H groups in total. The summed E-state index contributed by atoms with van der Waals surface area (Å²) in [6.45, 7) is 11.3. The van der Waals surface area contributed by atoms with Crippen molar-refractivity contribution in [1.29, 1.82) is 0 Å². The van der Waals surface area contributed by atoms with Crippen molar-refractivity contribution < 1.29 is 9.53 Å². The molecule has 0 bridgehead atoms. The van der Waals surface area contributed by atoms with Crippen LogP contribution in [0.15, 0.2) is 23.2 Å². The fraction of sp³-hybridized carbons (Fsp3) is 0.450. The van der Waals surface area contributed by atoms with Crippen LogP contribution in [0.25, 0.3) is 10.2 Å². The SMILES string of the molecule is COCCn1c(=NC(=O)c2cc(C)nn2C(C)C)sc2c(C)cc(C)cc21. The predicted octanol–water partition coefficient (Wildman–Crippen LogP) is 3.79. The van der Waals surface area contributed by atoms with Gasteiger partial charge >= 0.3 is 0 Å². The number of aromatic nitrogens is 3. The van der Waals surface area contributed by atoms with Crippen LogP contribution < -0.4 is 4.80 Å². The first kappa shape index (κ1) is 19.5. The molecule has 7 heteroatoms. The lowest BCUT2D eigenvalue weighted by Crippen LogP contribution is -2.20. The van der Waals surface area contributed by atoms with Gasteiger partial charge in [0.2, 0.25) is 0 Å². The van der Waals surface area contributed by atoms with Gasteiger partial charge in [0.05, 0.1) is 22.5 Å². The van der Waals surface area contributed by atoms with Gasteiger partial charge in [-0.3, -0.25) is 9.48 Å². The Bertz CT molecular complexity index is 1060. The third-order valence-corrected chi connectivity index (χ3v) is 5.63. The van der Waals surface area contributed by atoms with Gasteiger partial charge in [-0.05, 0) is 57.9 Å². The number of carbonyl (C=O) groups excluding carboxylic acids is 1. The van der Waals surface area contributed by atoms with Gasteiger partial charge in [-0.15, -0.1) is 0 Å². The van der Waals surface area contributed by atoms with Crippen molar-refractivity contribution in [2.75, 3.05) is 13.7 Å². The summed E-state index contributed by atoms with van der Waals surface area (Å²) in [6.07, 6.45) is 0. The number of carbonyl (C=O) groups is 1. The van der Waals surface area contributed by atoms with E-state index in [4.69, 9.17) is 4.74 Å². The molecule has 0 saturated heterocycles. The highest BCUT2D eigenvalue weighted by molar-refractivity contribution is 7.16. The molecular formula is C20H26N4O2S. The summed E-state index contributed by atoms with van der Waals surface area (Å²) in [6, 6.07) is 6.19. The normalized spacial score (nSPS) is 12.5. The fourth-order valence-electron chi connectivity index (χ4n) is 3.21. The number of rotatable bonds is 5. The summed E-state index contributed by atoms with van der Waals surface area (Å²) in [5.74, 6) is -0.267. The molecule has 0 aliphatic rings. The molecule has 144 valence electrons. The number of thiazole rings is 1. The van der Waals surface area contributed by atoms with Gasteiger partial charge in [-0.1, -0.05) is 17.4 Å². The molecule has 2 heterocycles. The van der Waals surface area contributed by atoms with E-state index >= 15 is 0 Å². The van der Waals surface area contributed by atoms with Crippen LogP contribution in [0.5, 0.6) is 0 Å². The first-order valence-corrected chi connectivity index (χ1v) is 9.88. The molecule has 3 aromatic rings. The zero-order valence-corrected chi connectivity index (χ0v) is 17.6. The van der Waals surface area contributed by atoms with Crippen LogP contribution in [0.3, 0.4) is 0 Å². The summed E-state index contributed by atoms with van der Waals surface area (Å²) < 4.78 is 10.2. The highest BCUT2D eigenvalue weighted by Gasteiger charge is 2.17. The Morgan fingerprint density at radius 2 is 2.00 bits per heavy atom. The maximum atomic E-state index is 12.9. The molecule has 0 atom stereocenters. The maximum Gasteiger partial charge on any atom is 0.297 e. The van der Waals surface area contributed by atoms with E-state index in [0.717, 1.165) is 15.9 Å². The van der Waals surface area contributed by atoms with Crippen LogP contribution in [0.4, 0.5) is 0 Å². The summed E-state index contributed by atoms with van der Waals surface area (Å²) in [5, 5.41) is 4.43. The Morgan fingerprint density at radius 1 is 1.26 bits per heavy atom. The maximum absolute atomic E-state index is 12.9. The average Bonchev–Trinajstić information content (AvgIpc) is 3.14. The Kier molecular flexibility index (Phi) is 5.62. The summed E-state index contributed by atoms with van der Waals surface area (Å²) in [4.78, 5) is 18.1. The van der Waals surface area contributed by atoms with E-state index in [0.29, 0.717) is 23.6 Å². The molecule has 27 heavy (non-hydrogen) atoms. The number of aryl methyl sites for hydroxylation is 3. The number of fused-ring (bicyclic) bond motifs is 1. The van der Waals surface area contributed by atoms with Crippen LogP contribution in [-0.4, -0.2) is 34.0 Å². The molecule has 1 aromatic carbocycles. The molecule has 0 aliphatic carbocycles. The third kappa shape index (κ3) is 3.89. The second-order valence-electron chi connectivity index (χ2n) is 7.09. The van der Waals surface area contributed by atoms with Crippen LogP contribution >= 0.6 is 11.3 Å². The molecule has 0 saturated carbocycles. The zero-order chi connectivity index (χ0) is 19.7. The van der Waals surface area contributed by atoms with E-state index < -0.39 is 0 Å². The number of amides is 1. The molecular weight excluding hydrogens is 360 g/mol. The Morgan fingerprint density at radius 3 is 2.67 bits per heavy atom. The van der Waals surface area contributed by atoms with Crippen molar-refractivity contribution in [2.24, 2.45) is 4.99 Å². The number of hydrogen-bond donors (Lipinski definition) is 0. The zero-order valence-electron chi connectivity index (χ0n) is 16.7. The quantitative estimate of drug-likeness (QED) is 0.670. The minimum Gasteiger partial charge on any atom is -0.383 e. The van der Waals surface area contributed by atoms with Crippen molar-refractivity contribution >= 4 is 27.5 Å². The molecule has 0 aliphatic heterocycles. The number of benzene rings is 1. The van der Waals surface area contributed by atoms with Gasteiger partial charge in [0.15, 0.2) is 4.80 Å². The van der Waals surface area contributed by atoms with Crippen molar-refractivity contribution in [2.45, 2.75) is 47.2 Å². The molecule has 0 unspecified atom stereocenters. The van der Waals surface area contributed by atoms with Gasteiger partial charge in [-0.2, -0.15) is 10.1 Å². The monoisotopic (exact) mass is 386 g/mol. The van der Waals surface area contributed by atoms with Crippen molar-refractivity contribution in [1.82, 2.24) is 14.3 Å². The number of ether oxygens (including phenoxy) is 1. The standard InChI is InChI=1S/C20H26N4O2S/c1-12(2)24-17(11-15(5)22-24)19(25)21-20-23(7-8-26-6)16-10-13(3)9-14(4)18(16)27-20/h9-12H,7-8H2,1-6H3. The van der Waals surface area contributed by atoms with Gasteiger partial charge in [0.25, 0.3) is 5.91 Å². The average molecular weight is 387 g/mol. The molecule has 0 fully saturated rings. The second-order valence-corrected chi connectivity index (χ2v) is 8.06. The number of hydrogen-bond acceptors (Lipinski definition) is 4. The summed E-state index contributed by atoms with van der Waals surface area (Å²) >= 11 is 1.54. The molecule has 2 aromatic heterocycles. The van der Waals surface area contributed by atoms with E-state index in [-0.39, 0.29) is 11.9 Å². The summed E-state index contributed by atoms with van der Waals surface area (Å²) in [5.41, 5.74) is 4.81. The van der Waals surface area contributed by atoms with E-state index in [1.165, 1.54) is 11.1 Å². The topological polar surface area (TPSA) is 61.4 Å². The third-order valence-electron chi connectivity index (χ3n) is 4.40. The van der Waals surface area contributed by atoms with Crippen LogP contribution in [-0.2, 0) is 11.3 Å². The largest absolute Gasteiger partial charge is 0.383 e. The van der Waals surface area contributed by atoms with Crippen molar-refractivity contribution in [3.8, 4) is 0 Å². The van der Waals surface area contributed by atoms with Crippen LogP contribution in [0.1, 0.15) is 47.2 Å². The number of methoxy groups -OCH3 is 1.